The van der Waals surface area contributed by atoms with E-state index >= 15 is 0 Å². The van der Waals surface area contributed by atoms with E-state index in [2.05, 4.69) is 4.72 Å². The molecule has 0 spiro atoms. The molecule has 0 aliphatic rings. The first kappa shape index (κ1) is 17.2. The predicted molar refractivity (Wildman–Crippen MR) is 77.0 cm³/mol. The van der Waals surface area contributed by atoms with Crippen LogP contribution in [0, 0.1) is 0 Å². The SMILES string of the molecule is CC(C)OCCNS(=O)(=O)c1cc(CO)n(C(C)C)c1. The third kappa shape index (κ3) is 4.59. The van der Waals surface area contributed by atoms with Gasteiger partial charge < -0.3 is 14.4 Å². The summed E-state index contributed by atoms with van der Waals surface area (Å²) >= 11 is 0. The molecular weight excluding hydrogens is 280 g/mol. The Labute approximate surface area is 120 Å². The van der Waals surface area contributed by atoms with E-state index in [1.54, 1.807) is 10.8 Å². The zero-order chi connectivity index (χ0) is 15.3. The van der Waals surface area contributed by atoms with E-state index in [1.807, 2.05) is 27.7 Å². The number of hydrogen-bond donors (Lipinski definition) is 2. The van der Waals surface area contributed by atoms with Crippen molar-refractivity contribution in [1.82, 2.24) is 9.29 Å². The first-order valence-corrected chi connectivity index (χ1v) is 8.19. The summed E-state index contributed by atoms with van der Waals surface area (Å²) in [5.74, 6) is 0. The Hall–Kier alpha value is -0.890. The fourth-order valence-corrected chi connectivity index (χ4v) is 2.87. The smallest absolute Gasteiger partial charge is 0.242 e. The van der Waals surface area contributed by atoms with Gasteiger partial charge in [0.1, 0.15) is 0 Å². The normalized spacial score (nSPS) is 12.6. The van der Waals surface area contributed by atoms with Crippen LogP contribution >= 0.6 is 0 Å². The third-order valence-electron chi connectivity index (χ3n) is 2.78. The molecule has 0 saturated carbocycles. The van der Waals surface area contributed by atoms with E-state index in [-0.39, 0.29) is 30.2 Å². The van der Waals surface area contributed by atoms with Gasteiger partial charge in [-0.1, -0.05) is 0 Å². The Morgan fingerprint density at radius 3 is 2.45 bits per heavy atom. The number of aliphatic hydroxyl groups excluding tert-OH is 1. The zero-order valence-electron chi connectivity index (χ0n) is 12.5. The molecule has 0 aromatic carbocycles. The van der Waals surface area contributed by atoms with Gasteiger partial charge in [-0.15, -0.1) is 0 Å². The lowest BCUT2D eigenvalue weighted by Crippen LogP contribution is -2.28. The third-order valence-corrected chi connectivity index (χ3v) is 4.21. The quantitative estimate of drug-likeness (QED) is 0.709. The summed E-state index contributed by atoms with van der Waals surface area (Å²) in [6.45, 7) is 8.01. The molecule has 1 aromatic heterocycles. The molecule has 0 aliphatic heterocycles. The van der Waals surface area contributed by atoms with Crippen molar-refractivity contribution in [3.05, 3.63) is 18.0 Å². The molecule has 1 rings (SSSR count). The number of rotatable bonds is 8. The fraction of sp³-hybridized carbons (Fsp3) is 0.692. The average molecular weight is 304 g/mol. The molecule has 116 valence electrons. The van der Waals surface area contributed by atoms with Crippen molar-refractivity contribution in [1.29, 1.82) is 0 Å². The second-order valence-corrected chi connectivity index (χ2v) is 6.91. The summed E-state index contributed by atoms with van der Waals surface area (Å²) in [5, 5.41) is 9.27. The van der Waals surface area contributed by atoms with E-state index in [0.717, 1.165) is 0 Å². The Balaban J connectivity index is 2.77. The van der Waals surface area contributed by atoms with Crippen LogP contribution in [0.15, 0.2) is 17.2 Å². The maximum absolute atomic E-state index is 12.1. The van der Waals surface area contributed by atoms with Crippen LogP contribution in [0.3, 0.4) is 0 Å². The van der Waals surface area contributed by atoms with Crippen molar-refractivity contribution in [2.24, 2.45) is 0 Å². The van der Waals surface area contributed by atoms with Crippen molar-refractivity contribution in [3.8, 4) is 0 Å². The minimum absolute atomic E-state index is 0.0718. The lowest BCUT2D eigenvalue weighted by Gasteiger charge is -2.10. The Bertz CT molecular complexity index is 520. The number of nitrogens with one attached hydrogen (secondary N) is 1. The van der Waals surface area contributed by atoms with Crippen molar-refractivity contribution < 1.29 is 18.3 Å². The largest absolute Gasteiger partial charge is 0.390 e. The lowest BCUT2D eigenvalue weighted by molar-refractivity contribution is 0.0834. The van der Waals surface area contributed by atoms with Gasteiger partial charge in [0.25, 0.3) is 0 Å². The number of hydrogen-bond acceptors (Lipinski definition) is 4. The second-order valence-electron chi connectivity index (χ2n) is 5.14. The molecule has 6 nitrogen and oxygen atoms in total. The van der Waals surface area contributed by atoms with Crippen molar-refractivity contribution in [2.75, 3.05) is 13.2 Å². The summed E-state index contributed by atoms with van der Waals surface area (Å²) in [4.78, 5) is 0.166. The molecule has 0 saturated heterocycles. The first-order valence-electron chi connectivity index (χ1n) is 6.70. The van der Waals surface area contributed by atoms with Gasteiger partial charge in [-0.05, 0) is 33.8 Å². The summed E-state index contributed by atoms with van der Waals surface area (Å²) in [5.41, 5.74) is 0.582. The van der Waals surface area contributed by atoms with Crippen LogP contribution in [-0.2, 0) is 21.4 Å². The molecule has 0 amide bonds. The molecule has 7 heteroatoms. The van der Waals surface area contributed by atoms with E-state index in [9.17, 15) is 13.5 Å². The number of sulfonamides is 1. The molecule has 2 N–H and O–H groups in total. The van der Waals surface area contributed by atoms with Crippen LogP contribution in [0.25, 0.3) is 0 Å². The minimum Gasteiger partial charge on any atom is -0.390 e. The van der Waals surface area contributed by atoms with Crippen LogP contribution in [0.1, 0.15) is 39.4 Å². The maximum atomic E-state index is 12.1. The fourth-order valence-electron chi connectivity index (χ4n) is 1.80. The first-order chi connectivity index (χ1) is 9.27. The molecule has 1 aromatic rings. The molecule has 20 heavy (non-hydrogen) atoms. The molecule has 0 bridgehead atoms. The summed E-state index contributed by atoms with van der Waals surface area (Å²) in [6, 6.07) is 1.58. The highest BCUT2D eigenvalue weighted by Crippen LogP contribution is 2.18. The number of aliphatic hydroxyl groups is 1. The van der Waals surface area contributed by atoms with Gasteiger partial charge in [-0.2, -0.15) is 0 Å². The van der Waals surface area contributed by atoms with E-state index in [4.69, 9.17) is 4.74 Å². The van der Waals surface area contributed by atoms with Crippen molar-refractivity contribution in [2.45, 2.75) is 51.3 Å². The molecule has 0 radical (unpaired) electrons. The molecular formula is C13H24N2O4S. The molecule has 0 fully saturated rings. The highest BCUT2D eigenvalue weighted by molar-refractivity contribution is 7.89. The molecule has 1 heterocycles. The summed E-state index contributed by atoms with van der Waals surface area (Å²) in [6.07, 6.45) is 1.62. The maximum Gasteiger partial charge on any atom is 0.242 e. The summed E-state index contributed by atoms with van der Waals surface area (Å²) in [7, 11) is -3.57. The van der Waals surface area contributed by atoms with E-state index < -0.39 is 10.0 Å². The minimum atomic E-state index is -3.57. The van der Waals surface area contributed by atoms with Crippen LogP contribution in [0.4, 0.5) is 0 Å². The number of aromatic nitrogens is 1. The van der Waals surface area contributed by atoms with Gasteiger partial charge in [0.05, 0.1) is 24.2 Å². The Morgan fingerprint density at radius 1 is 1.35 bits per heavy atom. The van der Waals surface area contributed by atoms with Crippen LogP contribution in [-0.4, -0.2) is 37.3 Å². The predicted octanol–water partition coefficient (Wildman–Crippen LogP) is 1.26. The van der Waals surface area contributed by atoms with Crippen LogP contribution in [0.5, 0.6) is 0 Å². The Morgan fingerprint density at radius 2 is 2.00 bits per heavy atom. The lowest BCUT2D eigenvalue weighted by atomic mass is 10.3. The topological polar surface area (TPSA) is 80.6 Å². The standard InChI is InChI=1S/C13H24N2O4S/c1-10(2)15-8-13(7-12(15)9-16)20(17,18)14-5-6-19-11(3)4/h7-8,10-11,14,16H,5-6,9H2,1-4H3. The van der Waals surface area contributed by atoms with Gasteiger partial charge in [-0.3, -0.25) is 0 Å². The zero-order valence-corrected chi connectivity index (χ0v) is 13.3. The van der Waals surface area contributed by atoms with Crippen LogP contribution < -0.4 is 4.72 Å². The number of ether oxygens (including phenoxy) is 1. The average Bonchev–Trinajstić information content (AvgIpc) is 2.79. The van der Waals surface area contributed by atoms with Gasteiger partial charge >= 0.3 is 0 Å². The monoisotopic (exact) mass is 304 g/mol. The highest BCUT2D eigenvalue weighted by Gasteiger charge is 2.18. The molecule has 0 aliphatic carbocycles. The Kier molecular flexibility index (Phi) is 6.19. The second kappa shape index (κ2) is 7.21. The molecule has 0 atom stereocenters. The molecule has 0 unspecified atom stereocenters. The van der Waals surface area contributed by atoms with Crippen molar-refractivity contribution >= 4 is 10.0 Å². The van der Waals surface area contributed by atoms with Crippen LogP contribution in [0.2, 0.25) is 0 Å². The number of nitrogens with zero attached hydrogens (tertiary/aromatic N) is 1. The van der Waals surface area contributed by atoms with Gasteiger partial charge in [0, 0.05) is 24.5 Å². The van der Waals surface area contributed by atoms with Gasteiger partial charge in [-0.25, -0.2) is 13.1 Å². The van der Waals surface area contributed by atoms with E-state index in [1.165, 1.54) is 6.07 Å². The highest BCUT2D eigenvalue weighted by atomic mass is 32.2. The van der Waals surface area contributed by atoms with E-state index in [0.29, 0.717) is 12.3 Å². The van der Waals surface area contributed by atoms with Gasteiger partial charge in [0.2, 0.25) is 10.0 Å². The van der Waals surface area contributed by atoms with Crippen molar-refractivity contribution in [3.63, 3.8) is 0 Å². The summed E-state index contributed by atoms with van der Waals surface area (Å²) < 4.78 is 33.8. The van der Waals surface area contributed by atoms with Gasteiger partial charge in [0.15, 0.2) is 0 Å².